The van der Waals surface area contributed by atoms with Gasteiger partial charge in [0.15, 0.2) is 0 Å². The van der Waals surface area contributed by atoms with E-state index in [-0.39, 0.29) is 0 Å². The van der Waals surface area contributed by atoms with Crippen LogP contribution in [0, 0.1) is 0 Å². The second-order valence-electron chi connectivity index (χ2n) is 3.35. The minimum Gasteiger partial charge on any atom is -0.437 e. The minimum atomic E-state index is 0.353. The molecule has 0 amide bonds. The van der Waals surface area contributed by atoms with Crippen molar-refractivity contribution in [1.82, 2.24) is 4.98 Å². The van der Waals surface area contributed by atoms with Crippen molar-refractivity contribution in [3.63, 3.8) is 0 Å². The zero-order valence-corrected chi connectivity index (χ0v) is 10.4. The molecule has 1 heterocycles. The Bertz CT molecular complexity index is 532. The van der Waals surface area contributed by atoms with E-state index in [4.69, 9.17) is 33.7 Å². The molecular weight excluding hydrogens is 259 g/mol. The van der Waals surface area contributed by atoms with Gasteiger partial charge in [0.25, 0.3) is 0 Å². The molecule has 0 fully saturated rings. The highest BCUT2D eigenvalue weighted by molar-refractivity contribution is 6.32. The van der Waals surface area contributed by atoms with Crippen molar-refractivity contribution in [2.45, 2.75) is 6.54 Å². The fourth-order valence-corrected chi connectivity index (χ4v) is 1.72. The number of halogens is 2. The van der Waals surface area contributed by atoms with Gasteiger partial charge in [0, 0.05) is 17.8 Å². The summed E-state index contributed by atoms with van der Waals surface area (Å²) in [4.78, 5) is 4.02. The van der Waals surface area contributed by atoms with E-state index >= 15 is 0 Å². The average Bonchev–Trinajstić information content (AvgIpc) is 2.32. The van der Waals surface area contributed by atoms with E-state index in [1.165, 1.54) is 0 Å². The first-order valence-corrected chi connectivity index (χ1v) is 5.73. The molecule has 0 bridgehead atoms. The van der Waals surface area contributed by atoms with Crippen molar-refractivity contribution in [3.8, 4) is 11.6 Å². The molecule has 0 aliphatic rings. The highest BCUT2D eigenvalue weighted by Crippen LogP contribution is 2.29. The second kappa shape index (κ2) is 5.36. The van der Waals surface area contributed by atoms with E-state index < -0.39 is 0 Å². The topological polar surface area (TPSA) is 48.1 Å². The smallest absolute Gasteiger partial charge is 0.238 e. The predicted molar refractivity (Wildman–Crippen MR) is 68.7 cm³/mol. The van der Waals surface area contributed by atoms with Gasteiger partial charge in [-0.25, -0.2) is 4.98 Å². The Morgan fingerprint density at radius 3 is 2.65 bits per heavy atom. The number of nitrogens with two attached hydrogens (primary N) is 1. The van der Waals surface area contributed by atoms with Crippen LogP contribution in [-0.4, -0.2) is 4.98 Å². The molecule has 17 heavy (non-hydrogen) atoms. The van der Waals surface area contributed by atoms with Crippen LogP contribution in [0.25, 0.3) is 0 Å². The van der Waals surface area contributed by atoms with Gasteiger partial charge in [-0.1, -0.05) is 29.3 Å². The Labute approximate surface area is 109 Å². The van der Waals surface area contributed by atoms with Crippen LogP contribution < -0.4 is 10.5 Å². The molecule has 0 aliphatic carbocycles. The highest BCUT2D eigenvalue weighted by Gasteiger charge is 2.05. The third-order valence-electron chi connectivity index (χ3n) is 2.18. The Morgan fingerprint density at radius 2 is 2.00 bits per heavy atom. The summed E-state index contributed by atoms with van der Waals surface area (Å²) in [7, 11) is 0. The van der Waals surface area contributed by atoms with Gasteiger partial charge in [-0.2, -0.15) is 0 Å². The van der Waals surface area contributed by atoms with Gasteiger partial charge in [0.1, 0.15) is 10.8 Å². The molecule has 0 atom stereocenters. The zero-order chi connectivity index (χ0) is 12.3. The molecule has 0 aliphatic heterocycles. The molecule has 88 valence electrons. The summed E-state index contributed by atoms with van der Waals surface area (Å²) in [6, 6.07) is 8.72. The fourth-order valence-electron chi connectivity index (χ4n) is 1.32. The first-order valence-electron chi connectivity index (χ1n) is 4.97. The molecule has 3 nitrogen and oxygen atoms in total. The average molecular weight is 269 g/mol. The first-order chi connectivity index (χ1) is 8.20. The molecule has 0 unspecified atom stereocenters. The van der Waals surface area contributed by atoms with Crippen LogP contribution >= 0.6 is 23.2 Å². The molecule has 0 spiro atoms. The van der Waals surface area contributed by atoms with Gasteiger partial charge in [0.2, 0.25) is 5.88 Å². The molecule has 0 radical (unpaired) electrons. The lowest BCUT2D eigenvalue weighted by molar-refractivity contribution is 0.463. The van der Waals surface area contributed by atoms with Crippen LogP contribution in [0.2, 0.25) is 10.0 Å². The Morgan fingerprint density at radius 1 is 1.18 bits per heavy atom. The highest BCUT2D eigenvalue weighted by atomic mass is 35.5. The number of pyridine rings is 1. The first kappa shape index (κ1) is 12.2. The summed E-state index contributed by atoms with van der Waals surface area (Å²) >= 11 is 12.0. The Hall–Kier alpha value is -1.29. The van der Waals surface area contributed by atoms with Gasteiger partial charge in [-0.05, 0) is 29.8 Å². The predicted octanol–water partition coefficient (Wildman–Crippen LogP) is 3.64. The van der Waals surface area contributed by atoms with Crippen LogP contribution in [0.15, 0.2) is 36.5 Å². The van der Waals surface area contributed by atoms with Gasteiger partial charge in [0.05, 0.1) is 0 Å². The van der Waals surface area contributed by atoms with Gasteiger partial charge in [-0.15, -0.1) is 0 Å². The fraction of sp³-hybridized carbons (Fsp3) is 0.0833. The van der Waals surface area contributed by atoms with Crippen molar-refractivity contribution in [3.05, 3.63) is 52.1 Å². The summed E-state index contributed by atoms with van der Waals surface area (Å²) in [5, 5.41) is 1.02. The van der Waals surface area contributed by atoms with Gasteiger partial charge >= 0.3 is 0 Å². The van der Waals surface area contributed by atoms with E-state index in [9.17, 15) is 0 Å². The van der Waals surface area contributed by atoms with Crippen LogP contribution in [-0.2, 0) is 6.54 Å². The van der Waals surface area contributed by atoms with Crippen LogP contribution in [0.4, 0.5) is 0 Å². The maximum absolute atomic E-state index is 6.02. The van der Waals surface area contributed by atoms with E-state index in [1.807, 2.05) is 6.07 Å². The van der Waals surface area contributed by atoms with Crippen LogP contribution in [0.1, 0.15) is 5.56 Å². The van der Waals surface area contributed by atoms with E-state index in [0.29, 0.717) is 28.2 Å². The quantitative estimate of drug-likeness (QED) is 0.925. The lowest BCUT2D eigenvalue weighted by Gasteiger charge is -2.07. The number of benzene rings is 1. The lowest BCUT2D eigenvalue weighted by atomic mass is 10.2. The van der Waals surface area contributed by atoms with Crippen molar-refractivity contribution in [1.29, 1.82) is 0 Å². The molecule has 2 N–H and O–H groups in total. The van der Waals surface area contributed by atoms with Crippen molar-refractivity contribution < 1.29 is 4.74 Å². The minimum absolute atomic E-state index is 0.353. The molecule has 0 saturated carbocycles. The second-order valence-corrected chi connectivity index (χ2v) is 4.16. The summed E-state index contributed by atoms with van der Waals surface area (Å²) in [5.41, 5.74) is 6.39. The number of nitrogens with zero attached hydrogens (tertiary/aromatic N) is 1. The van der Waals surface area contributed by atoms with Gasteiger partial charge < -0.3 is 10.5 Å². The van der Waals surface area contributed by atoms with E-state index in [1.54, 1.807) is 30.5 Å². The summed E-state index contributed by atoms with van der Waals surface area (Å²) in [6.07, 6.45) is 1.61. The molecule has 2 rings (SSSR count). The normalized spacial score (nSPS) is 10.3. The third-order valence-corrected chi connectivity index (χ3v) is 2.82. The SMILES string of the molecule is NCc1ccc(Oc2ncccc2Cl)cc1Cl. The largest absolute Gasteiger partial charge is 0.437 e. The standard InChI is InChI=1S/C12H10Cl2N2O/c13-10-2-1-5-16-12(10)17-9-4-3-8(7-15)11(14)6-9/h1-6H,7,15H2. The number of rotatable bonds is 3. The van der Waals surface area contributed by atoms with E-state index in [2.05, 4.69) is 4.98 Å². The molecule has 1 aromatic carbocycles. The monoisotopic (exact) mass is 268 g/mol. The Kier molecular flexibility index (Phi) is 3.84. The number of aromatic nitrogens is 1. The van der Waals surface area contributed by atoms with E-state index in [0.717, 1.165) is 5.56 Å². The third kappa shape index (κ3) is 2.88. The maximum Gasteiger partial charge on any atom is 0.238 e. The Balaban J connectivity index is 2.25. The lowest BCUT2D eigenvalue weighted by Crippen LogP contribution is -1.97. The molecule has 5 heteroatoms. The molecule has 2 aromatic rings. The molecule has 1 aromatic heterocycles. The van der Waals surface area contributed by atoms with Crippen LogP contribution in [0.3, 0.4) is 0 Å². The van der Waals surface area contributed by atoms with Crippen LogP contribution in [0.5, 0.6) is 11.6 Å². The zero-order valence-electron chi connectivity index (χ0n) is 8.86. The summed E-state index contributed by atoms with van der Waals surface area (Å²) in [5.74, 6) is 0.929. The van der Waals surface area contributed by atoms with Gasteiger partial charge in [-0.3, -0.25) is 0 Å². The van der Waals surface area contributed by atoms with Crippen molar-refractivity contribution >= 4 is 23.2 Å². The maximum atomic E-state index is 6.02. The molecule has 0 saturated heterocycles. The summed E-state index contributed by atoms with van der Waals surface area (Å²) < 4.78 is 5.52. The number of ether oxygens (including phenoxy) is 1. The molecular formula is C12H10Cl2N2O. The van der Waals surface area contributed by atoms with Crippen molar-refractivity contribution in [2.24, 2.45) is 5.73 Å². The number of hydrogen-bond donors (Lipinski definition) is 1. The van der Waals surface area contributed by atoms with Crippen molar-refractivity contribution in [2.75, 3.05) is 0 Å². The number of hydrogen-bond acceptors (Lipinski definition) is 3. The summed E-state index contributed by atoms with van der Waals surface area (Å²) in [6.45, 7) is 0.392.